The van der Waals surface area contributed by atoms with Crippen molar-refractivity contribution in [3.8, 4) is 0 Å². The van der Waals surface area contributed by atoms with Gasteiger partial charge in [-0.05, 0) is 51.4 Å². The average molecular weight is 281 g/mol. The zero-order chi connectivity index (χ0) is 14.3. The lowest BCUT2D eigenvalue weighted by Crippen LogP contribution is -2.22. The second-order valence-corrected chi connectivity index (χ2v) is 6.58. The van der Waals surface area contributed by atoms with Crippen LogP contribution >= 0.6 is 11.8 Å². The molecule has 1 N–H and O–H groups in total. The van der Waals surface area contributed by atoms with Crippen LogP contribution in [0.3, 0.4) is 0 Å². The van der Waals surface area contributed by atoms with Crippen molar-refractivity contribution >= 4 is 11.8 Å². The minimum Gasteiger partial charge on any atom is -0.379 e. The second-order valence-electron chi connectivity index (χ2n) is 5.41. The lowest BCUT2D eigenvalue weighted by Gasteiger charge is -2.22. The fraction of sp³-hybridized carbons (Fsp3) is 0.625. The number of nitrogens with one attached hydrogen (secondary N) is 1. The van der Waals surface area contributed by atoms with Crippen molar-refractivity contribution in [3.63, 3.8) is 0 Å². The molecule has 108 valence electrons. The quantitative estimate of drug-likeness (QED) is 0.719. The van der Waals surface area contributed by atoms with E-state index in [0.717, 1.165) is 18.7 Å². The van der Waals surface area contributed by atoms with Crippen LogP contribution in [0.4, 0.5) is 0 Å². The Morgan fingerprint density at radius 2 is 1.89 bits per heavy atom. The van der Waals surface area contributed by atoms with Crippen molar-refractivity contribution in [3.05, 3.63) is 29.8 Å². The first-order chi connectivity index (χ1) is 8.98. The molecule has 0 heterocycles. The van der Waals surface area contributed by atoms with Crippen LogP contribution in [-0.2, 0) is 4.74 Å². The van der Waals surface area contributed by atoms with Crippen LogP contribution in [-0.4, -0.2) is 25.0 Å². The Kier molecular flexibility index (Phi) is 6.90. The van der Waals surface area contributed by atoms with Crippen LogP contribution in [0.2, 0.25) is 0 Å². The molecular formula is C16H27NOS. The summed E-state index contributed by atoms with van der Waals surface area (Å²) in [4.78, 5) is 1.33. The molecule has 2 nitrogen and oxygen atoms in total. The number of methoxy groups -OCH3 is 1. The van der Waals surface area contributed by atoms with E-state index in [1.165, 1.54) is 10.5 Å². The Morgan fingerprint density at radius 3 is 2.42 bits per heavy atom. The highest BCUT2D eigenvalue weighted by Crippen LogP contribution is 2.24. The predicted octanol–water partition coefficient (Wildman–Crippen LogP) is 4.26. The maximum Gasteiger partial charge on any atom is 0.0630 e. The fourth-order valence-electron chi connectivity index (χ4n) is 1.79. The van der Waals surface area contributed by atoms with Crippen LogP contribution in [0.25, 0.3) is 0 Å². The number of benzene rings is 1. The number of rotatable bonds is 8. The van der Waals surface area contributed by atoms with E-state index in [-0.39, 0.29) is 5.60 Å². The summed E-state index contributed by atoms with van der Waals surface area (Å²) in [5, 5.41) is 3.43. The highest BCUT2D eigenvalue weighted by molar-refractivity contribution is 7.99. The van der Waals surface area contributed by atoms with E-state index in [1.807, 2.05) is 11.8 Å². The van der Waals surface area contributed by atoms with Crippen molar-refractivity contribution in [2.75, 3.05) is 19.4 Å². The number of hydrogen-bond acceptors (Lipinski definition) is 3. The van der Waals surface area contributed by atoms with E-state index in [0.29, 0.717) is 6.04 Å². The van der Waals surface area contributed by atoms with Gasteiger partial charge in [0.1, 0.15) is 0 Å². The molecule has 0 aliphatic heterocycles. The van der Waals surface area contributed by atoms with Crippen molar-refractivity contribution in [2.45, 2.75) is 50.7 Å². The molecule has 0 aliphatic rings. The van der Waals surface area contributed by atoms with Gasteiger partial charge in [0.15, 0.2) is 0 Å². The summed E-state index contributed by atoms with van der Waals surface area (Å²) in [6, 6.07) is 9.30. The zero-order valence-corrected chi connectivity index (χ0v) is 13.6. The van der Waals surface area contributed by atoms with Gasteiger partial charge in [-0.2, -0.15) is 0 Å². The lowest BCUT2D eigenvalue weighted by molar-refractivity contribution is 0.0207. The summed E-state index contributed by atoms with van der Waals surface area (Å²) in [5.41, 5.74) is 1.33. The maximum atomic E-state index is 5.43. The number of thioether (sulfide) groups is 1. The van der Waals surface area contributed by atoms with E-state index in [1.54, 1.807) is 7.11 Å². The third-order valence-corrected chi connectivity index (χ3v) is 4.43. The van der Waals surface area contributed by atoms with E-state index in [9.17, 15) is 0 Å². The number of ether oxygens (including phenoxy) is 1. The predicted molar refractivity (Wildman–Crippen MR) is 85.0 cm³/mol. The summed E-state index contributed by atoms with van der Waals surface area (Å²) in [7, 11) is 1.78. The summed E-state index contributed by atoms with van der Waals surface area (Å²) < 4.78 is 5.43. The van der Waals surface area contributed by atoms with Crippen molar-refractivity contribution in [1.29, 1.82) is 0 Å². The molecule has 1 unspecified atom stereocenters. The minimum atomic E-state index is -0.0213. The van der Waals surface area contributed by atoms with E-state index in [4.69, 9.17) is 4.74 Å². The summed E-state index contributed by atoms with van der Waals surface area (Å²) in [6.07, 6.45) is 1.06. The first-order valence-electron chi connectivity index (χ1n) is 7.00. The lowest BCUT2D eigenvalue weighted by atomic mass is 10.1. The van der Waals surface area contributed by atoms with Gasteiger partial charge < -0.3 is 10.1 Å². The minimum absolute atomic E-state index is 0.0213. The van der Waals surface area contributed by atoms with E-state index < -0.39 is 0 Å². The van der Waals surface area contributed by atoms with Crippen LogP contribution in [0.15, 0.2) is 29.2 Å². The third-order valence-electron chi connectivity index (χ3n) is 3.42. The highest BCUT2D eigenvalue weighted by atomic mass is 32.2. The van der Waals surface area contributed by atoms with Gasteiger partial charge in [0.05, 0.1) is 5.60 Å². The molecule has 0 saturated heterocycles. The Labute approximate surface area is 122 Å². The molecule has 1 rings (SSSR count). The Morgan fingerprint density at radius 1 is 1.26 bits per heavy atom. The zero-order valence-electron chi connectivity index (χ0n) is 12.8. The first-order valence-corrected chi connectivity index (χ1v) is 7.98. The monoisotopic (exact) mass is 281 g/mol. The molecule has 0 radical (unpaired) electrons. The van der Waals surface area contributed by atoms with Gasteiger partial charge in [-0.1, -0.05) is 19.1 Å². The Balaban J connectivity index is 2.44. The van der Waals surface area contributed by atoms with Crippen LogP contribution in [0.5, 0.6) is 0 Å². The summed E-state index contributed by atoms with van der Waals surface area (Å²) in [6.45, 7) is 9.61. The molecule has 1 aromatic rings. The maximum absolute atomic E-state index is 5.43. The van der Waals surface area contributed by atoms with Gasteiger partial charge in [-0.3, -0.25) is 0 Å². The Hall–Kier alpha value is -0.510. The van der Waals surface area contributed by atoms with Gasteiger partial charge in [0, 0.05) is 23.8 Å². The molecule has 1 atom stereocenters. The normalized spacial score (nSPS) is 13.5. The Bertz CT molecular complexity index is 362. The van der Waals surface area contributed by atoms with Gasteiger partial charge >= 0.3 is 0 Å². The largest absolute Gasteiger partial charge is 0.379 e. The van der Waals surface area contributed by atoms with Crippen molar-refractivity contribution in [1.82, 2.24) is 5.32 Å². The molecular weight excluding hydrogens is 254 g/mol. The first kappa shape index (κ1) is 16.5. The van der Waals surface area contributed by atoms with Crippen molar-refractivity contribution in [2.24, 2.45) is 0 Å². The third kappa shape index (κ3) is 5.98. The van der Waals surface area contributed by atoms with Gasteiger partial charge in [0.25, 0.3) is 0 Å². The van der Waals surface area contributed by atoms with E-state index >= 15 is 0 Å². The highest BCUT2D eigenvalue weighted by Gasteiger charge is 2.15. The van der Waals surface area contributed by atoms with Crippen LogP contribution in [0, 0.1) is 0 Å². The van der Waals surface area contributed by atoms with Crippen molar-refractivity contribution < 1.29 is 4.74 Å². The van der Waals surface area contributed by atoms with Gasteiger partial charge in [-0.15, -0.1) is 11.8 Å². The number of hydrogen-bond donors (Lipinski definition) is 1. The fourth-order valence-corrected chi connectivity index (χ4v) is 2.95. The molecule has 0 aromatic heterocycles. The van der Waals surface area contributed by atoms with Gasteiger partial charge in [-0.25, -0.2) is 0 Å². The topological polar surface area (TPSA) is 21.3 Å². The molecule has 0 fully saturated rings. The standard InChI is InChI=1S/C16H27NOS/c1-6-17-13(2)14-7-9-15(10-8-14)19-12-11-16(3,4)18-5/h7-10,13,17H,6,11-12H2,1-5H3. The second kappa shape index (κ2) is 7.93. The molecule has 0 bridgehead atoms. The smallest absolute Gasteiger partial charge is 0.0630 e. The average Bonchev–Trinajstić information content (AvgIpc) is 2.39. The molecule has 1 aromatic carbocycles. The molecule has 3 heteroatoms. The van der Waals surface area contributed by atoms with Crippen LogP contribution in [0.1, 0.15) is 45.7 Å². The van der Waals surface area contributed by atoms with Gasteiger partial charge in [0.2, 0.25) is 0 Å². The molecule has 0 aliphatic carbocycles. The molecule has 0 saturated carbocycles. The SMILES string of the molecule is CCNC(C)c1ccc(SCCC(C)(C)OC)cc1. The molecule has 0 spiro atoms. The molecule has 19 heavy (non-hydrogen) atoms. The molecule has 0 amide bonds. The summed E-state index contributed by atoms with van der Waals surface area (Å²) in [5.74, 6) is 1.09. The van der Waals surface area contributed by atoms with E-state index in [2.05, 4.69) is 57.3 Å². The van der Waals surface area contributed by atoms with Crippen LogP contribution < -0.4 is 5.32 Å². The summed E-state index contributed by atoms with van der Waals surface area (Å²) >= 11 is 1.90.